The van der Waals surface area contributed by atoms with Gasteiger partial charge in [0.1, 0.15) is 16.3 Å². The third-order valence-electron chi connectivity index (χ3n) is 8.01. The number of nitrogens with one attached hydrogen (secondary N) is 2. The Kier molecular flexibility index (Phi) is 5.62. The minimum atomic E-state index is -4.00. The molecule has 5 heterocycles. The Bertz CT molecular complexity index is 1390. The van der Waals surface area contributed by atoms with Gasteiger partial charge in [0.25, 0.3) is 11.8 Å². The third kappa shape index (κ3) is 4.02. The van der Waals surface area contributed by atoms with Gasteiger partial charge in [-0.05, 0) is 55.9 Å². The van der Waals surface area contributed by atoms with Gasteiger partial charge in [0.15, 0.2) is 11.4 Å². The van der Waals surface area contributed by atoms with E-state index in [0.717, 1.165) is 12.8 Å². The zero-order valence-electron chi connectivity index (χ0n) is 20.6. The lowest BCUT2D eigenvalue weighted by molar-refractivity contribution is -0.157. The van der Waals surface area contributed by atoms with Crippen LogP contribution in [0.1, 0.15) is 35.3 Å². The van der Waals surface area contributed by atoms with E-state index in [0.29, 0.717) is 43.3 Å². The summed E-state index contributed by atoms with van der Waals surface area (Å²) in [6.45, 7) is 3.10. The number of piperidine rings is 1. The predicted octanol–water partition coefficient (Wildman–Crippen LogP) is 1.79. The number of hydrogen-bond acceptors (Lipinski definition) is 6. The fraction of sp³-hybridized carbons (Fsp3) is 0.520. The number of anilines is 1. The number of carbonyl (C=O) groups is 2. The lowest BCUT2D eigenvalue weighted by atomic mass is 9.73. The van der Waals surface area contributed by atoms with E-state index < -0.39 is 33.4 Å². The highest BCUT2D eigenvalue weighted by Gasteiger charge is 2.59. The van der Waals surface area contributed by atoms with Crippen molar-refractivity contribution in [3.8, 4) is 5.75 Å². The summed E-state index contributed by atoms with van der Waals surface area (Å²) in [5, 5.41) is 2.70. The molecule has 4 fully saturated rings. The molecule has 198 valence electrons. The Balaban J connectivity index is 1.25. The van der Waals surface area contributed by atoms with Crippen LogP contribution in [0.4, 0.5) is 10.1 Å². The molecule has 4 aliphatic heterocycles. The largest absolute Gasteiger partial charge is 0.489 e. The van der Waals surface area contributed by atoms with E-state index in [4.69, 9.17) is 9.47 Å². The zero-order chi connectivity index (χ0) is 26.1. The van der Waals surface area contributed by atoms with Crippen molar-refractivity contribution in [3.05, 3.63) is 41.5 Å². The van der Waals surface area contributed by atoms with Crippen LogP contribution >= 0.6 is 0 Å². The number of aryl methyl sites for hydroxylation is 2. The number of nitrogens with zero attached hydrogens (tertiary/aromatic N) is 2. The standard InChI is InChI=1S/C25H29FN4O6S/c1-14-7-17(3-4-18(14)26)27-23(31)21-22-20(11-29(21)2)37(33,34)28-19-5-6-30(10-16(19)13-35-22)24(32)25-8-15(9-25)12-36-25/h3-4,7,11,15-16,19,28H,5-6,8-10,12-13H2,1-2H3,(H,27,31). The molecule has 5 aliphatic rings. The molecule has 12 heteroatoms. The maximum Gasteiger partial charge on any atom is 0.276 e. The summed E-state index contributed by atoms with van der Waals surface area (Å²) in [6.07, 6.45) is 3.31. The Morgan fingerprint density at radius 3 is 2.73 bits per heavy atom. The number of amides is 2. The Morgan fingerprint density at radius 2 is 2.03 bits per heavy atom. The van der Waals surface area contributed by atoms with Crippen LogP contribution in [0.2, 0.25) is 0 Å². The van der Waals surface area contributed by atoms with E-state index in [9.17, 15) is 22.4 Å². The van der Waals surface area contributed by atoms with Crippen LogP contribution in [0, 0.1) is 24.6 Å². The zero-order valence-corrected chi connectivity index (χ0v) is 21.4. The molecular formula is C25H29FN4O6S. The SMILES string of the molecule is Cc1cc(NC(=O)c2c3c(cn2C)S(=O)(=O)NC2CCN(C(=O)C45CC(CO4)C5)CC2CO3)ccc1F. The number of hydrogen-bond donors (Lipinski definition) is 2. The number of aromatic nitrogens is 1. The average molecular weight is 533 g/mol. The molecule has 2 amide bonds. The van der Waals surface area contributed by atoms with Crippen molar-refractivity contribution in [2.24, 2.45) is 18.9 Å². The van der Waals surface area contributed by atoms with Crippen LogP contribution in [0.25, 0.3) is 0 Å². The van der Waals surface area contributed by atoms with Crippen molar-refractivity contribution < 1.29 is 31.9 Å². The van der Waals surface area contributed by atoms with E-state index in [2.05, 4.69) is 10.0 Å². The van der Waals surface area contributed by atoms with Gasteiger partial charge in [-0.15, -0.1) is 0 Å². The molecule has 7 rings (SSSR count). The van der Waals surface area contributed by atoms with E-state index in [-0.39, 0.29) is 34.8 Å². The summed E-state index contributed by atoms with van der Waals surface area (Å²) in [5.41, 5.74) is 0.0587. The molecule has 0 radical (unpaired) electrons. The van der Waals surface area contributed by atoms with Crippen molar-refractivity contribution in [3.63, 3.8) is 0 Å². The maximum atomic E-state index is 13.7. The molecule has 1 aliphatic carbocycles. The molecule has 1 saturated carbocycles. The highest BCUT2D eigenvalue weighted by molar-refractivity contribution is 7.89. The number of sulfonamides is 1. The van der Waals surface area contributed by atoms with Gasteiger partial charge in [-0.25, -0.2) is 17.5 Å². The molecule has 2 aromatic rings. The van der Waals surface area contributed by atoms with Gasteiger partial charge in [-0.1, -0.05) is 0 Å². The van der Waals surface area contributed by atoms with E-state index in [1.54, 1.807) is 18.9 Å². The lowest BCUT2D eigenvalue weighted by Crippen LogP contribution is -2.60. The average Bonchev–Trinajstić information content (AvgIpc) is 3.53. The van der Waals surface area contributed by atoms with Crippen LogP contribution in [0.15, 0.2) is 29.3 Å². The van der Waals surface area contributed by atoms with Crippen LogP contribution < -0.4 is 14.8 Å². The van der Waals surface area contributed by atoms with Crippen molar-refractivity contribution in [2.45, 2.75) is 42.7 Å². The predicted molar refractivity (Wildman–Crippen MR) is 130 cm³/mol. The Morgan fingerprint density at radius 1 is 1.24 bits per heavy atom. The number of halogens is 1. The van der Waals surface area contributed by atoms with E-state index >= 15 is 0 Å². The second-order valence-electron chi connectivity index (χ2n) is 10.6. The van der Waals surface area contributed by atoms with Crippen LogP contribution in [0.5, 0.6) is 5.75 Å². The van der Waals surface area contributed by atoms with Crippen molar-refractivity contribution in [1.82, 2.24) is 14.2 Å². The molecule has 37 heavy (non-hydrogen) atoms. The van der Waals surface area contributed by atoms with Gasteiger partial charge in [0, 0.05) is 44.0 Å². The first kappa shape index (κ1) is 24.4. The van der Waals surface area contributed by atoms with Gasteiger partial charge >= 0.3 is 0 Å². The number of benzene rings is 1. The van der Waals surface area contributed by atoms with E-state index in [1.807, 2.05) is 0 Å². The normalized spacial score (nSPS) is 29.7. The van der Waals surface area contributed by atoms with Gasteiger partial charge < -0.3 is 24.3 Å². The molecule has 2 N–H and O–H groups in total. The summed E-state index contributed by atoms with van der Waals surface area (Å²) in [4.78, 5) is 28.1. The summed E-state index contributed by atoms with van der Waals surface area (Å²) >= 11 is 0. The molecule has 1 aromatic carbocycles. The number of carbonyl (C=O) groups excluding carboxylic acids is 2. The molecule has 2 atom stereocenters. The van der Waals surface area contributed by atoms with Crippen molar-refractivity contribution in [2.75, 3.05) is 31.6 Å². The summed E-state index contributed by atoms with van der Waals surface area (Å²) in [7, 11) is -2.44. The highest BCUT2D eigenvalue weighted by Crippen LogP contribution is 2.49. The van der Waals surface area contributed by atoms with Crippen molar-refractivity contribution >= 4 is 27.5 Å². The first-order chi connectivity index (χ1) is 17.6. The maximum absolute atomic E-state index is 13.7. The Hall–Kier alpha value is -2.96. The number of ether oxygens (including phenoxy) is 2. The van der Waals surface area contributed by atoms with E-state index in [1.165, 1.54) is 29.0 Å². The second-order valence-corrected chi connectivity index (χ2v) is 12.3. The number of likely N-dealkylation sites (tertiary alicyclic amines) is 1. The smallest absolute Gasteiger partial charge is 0.276 e. The molecule has 10 nitrogen and oxygen atoms in total. The van der Waals surface area contributed by atoms with Crippen molar-refractivity contribution in [1.29, 1.82) is 0 Å². The Labute approximate surface area is 214 Å². The van der Waals surface area contributed by atoms with Gasteiger partial charge in [0.2, 0.25) is 10.0 Å². The van der Waals surface area contributed by atoms with Gasteiger partial charge in [-0.2, -0.15) is 0 Å². The summed E-state index contributed by atoms with van der Waals surface area (Å²) < 4.78 is 56.3. The first-order valence-corrected chi connectivity index (χ1v) is 13.9. The van der Waals surface area contributed by atoms with Gasteiger partial charge in [-0.3, -0.25) is 9.59 Å². The first-order valence-electron chi connectivity index (χ1n) is 12.4. The number of fused-ring (bicyclic) bond motifs is 3. The fourth-order valence-corrected chi connectivity index (χ4v) is 7.52. The minimum absolute atomic E-state index is 0.0281. The fourth-order valence-electron chi connectivity index (χ4n) is 5.99. The molecule has 3 saturated heterocycles. The topological polar surface area (TPSA) is 119 Å². The molecular weight excluding hydrogens is 503 g/mol. The lowest BCUT2D eigenvalue weighted by Gasteiger charge is -2.44. The molecule has 2 unspecified atom stereocenters. The quantitative estimate of drug-likeness (QED) is 0.622. The monoisotopic (exact) mass is 532 g/mol. The summed E-state index contributed by atoms with van der Waals surface area (Å²) in [5.74, 6) is -0.900. The minimum Gasteiger partial charge on any atom is -0.489 e. The summed E-state index contributed by atoms with van der Waals surface area (Å²) in [6, 6.07) is 3.77. The third-order valence-corrected chi connectivity index (χ3v) is 9.50. The van der Waals surface area contributed by atoms with Gasteiger partial charge in [0.05, 0.1) is 13.2 Å². The molecule has 1 aromatic heterocycles. The van der Waals surface area contributed by atoms with Crippen LogP contribution in [-0.4, -0.2) is 67.6 Å². The van der Waals surface area contributed by atoms with Crippen LogP contribution in [-0.2, 0) is 26.6 Å². The molecule has 0 spiro atoms. The van der Waals surface area contributed by atoms with Crippen LogP contribution in [0.3, 0.4) is 0 Å². The number of rotatable bonds is 3. The highest BCUT2D eigenvalue weighted by atomic mass is 32.2. The second kappa shape index (κ2) is 8.53. The molecule has 2 bridgehead atoms.